The van der Waals surface area contributed by atoms with Crippen molar-refractivity contribution >= 4 is 23.8 Å². The Kier molecular flexibility index (Phi) is 6.15. The van der Waals surface area contributed by atoms with E-state index in [1.807, 2.05) is 39.2 Å². The van der Waals surface area contributed by atoms with Crippen LogP contribution < -0.4 is 4.74 Å². The second-order valence-electron chi connectivity index (χ2n) is 6.86. The van der Waals surface area contributed by atoms with Crippen LogP contribution in [0.4, 0.5) is 4.79 Å². The molecule has 0 aliphatic carbocycles. The van der Waals surface area contributed by atoms with Gasteiger partial charge in [-0.1, -0.05) is 0 Å². The molecule has 0 bridgehead atoms. The van der Waals surface area contributed by atoms with Crippen LogP contribution in [-0.4, -0.2) is 41.9 Å². The van der Waals surface area contributed by atoms with Crippen LogP contribution in [-0.2, 0) is 9.53 Å². The smallest absolute Gasteiger partial charge is 0.410 e. The Hall–Kier alpha value is -1.69. The first-order valence-electron chi connectivity index (χ1n) is 8.12. The van der Waals surface area contributed by atoms with E-state index in [0.717, 1.165) is 17.7 Å². The third kappa shape index (κ3) is 5.44. The van der Waals surface area contributed by atoms with Gasteiger partial charge in [0.1, 0.15) is 11.4 Å². The fraction of sp³-hybridized carbons (Fsp3) is 0.556. The molecule has 1 aliphatic heterocycles. The summed E-state index contributed by atoms with van der Waals surface area (Å²) in [6.07, 6.45) is 3.11. The molecule has 6 heteroatoms. The number of benzene rings is 1. The zero-order valence-electron chi connectivity index (χ0n) is 14.7. The topological polar surface area (TPSA) is 55.8 Å². The maximum atomic E-state index is 12.4. The highest BCUT2D eigenvalue weighted by Crippen LogP contribution is 2.23. The highest BCUT2D eigenvalue weighted by Gasteiger charge is 2.32. The molecule has 0 aromatic heterocycles. The van der Waals surface area contributed by atoms with E-state index >= 15 is 0 Å². The molecule has 0 saturated carbocycles. The van der Waals surface area contributed by atoms with Crippen LogP contribution in [0.25, 0.3) is 0 Å². The summed E-state index contributed by atoms with van der Waals surface area (Å²) >= 11 is 1.63. The zero-order chi connectivity index (χ0) is 17.7. The van der Waals surface area contributed by atoms with E-state index in [-0.39, 0.29) is 18.0 Å². The molecule has 1 aromatic rings. The molecule has 1 heterocycles. The molecule has 1 atom stereocenters. The van der Waals surface area contributed by atoms with Gasteiger partial charge in [-0.2, -0.15) is 0 Å². The number of likely N-dealkylation sites (tertiary alicyclic amines) is 1. The van der Waals surface area contributed by atoms with Gasteiger partial charge in [0, 0.05) is 18.0 Å². The number of carbonyl (C=O) groups is 2. The Bertz CT molecular complexity index is 580. The predicted octanol–water partition coefficient (Wildman–Crippen LogP) is 3.96. The Morgan fingerprint density at radius 2 is 1.88 bits per heavy atom. The largest absolute Gasteiger partial charge is 0.444 e. The summed E-state index contributed by atoms with van der Waals surface area (Å²) in [4.78, 5) is 27.2. The van der Waals surface area contributed by atoms with Crippen LogP contribution in [0.5, 0.6) is 5.75 Å². The average Bonchev–Trinajstić information content (AvgIpc) is 2.54. The number of rotatable bonds is 3. The van der Waals surface area contributed by atoms with Crippen molar-refractivity contribution in [2.75, 3.05) is 19.3 Å². The standard InChI is InChI=1S/C18H25NO4S/c1-18(2,3)23-17(21)19-11-5-6-13(12-19)16(20)22-14-7-9-15(24-4)10-8-14/h7-10,13H,5-6,11-12H2,1-4H3. The highest BCUT2D eigenvalue weighted by molar-refractivity contribution is 7.98. The van der Waals surface area contributed by atoms with Crippen molar-refractivity contribution in [2.24, 2.45) is 5.92 Å². The molecule has 1 amide bonds. The molecular weight excluding hydrogens is 326 g/mol. The maximum Gasteiger partial charge on any atom is 0.410 e. The van der Waals surface area contributed by atoms with Gasteiger partial charge in [0.2, 0.25) is 0 Å². The van der Waals surface area contributed by atoms with E-state index in [4.69, 9.17) is 9.47 Å². The monoisotopic (exact) mass is 351 g/mol. The SMILES string of the molecule is CSc1ccc(OC(=O)C2CCCN(C(=O)OC(C)(C)C)C2)cc1. The number of hydrogen-bond donors (Lipinski definition) is 0. The van der Waals surface area contributed by atoms with Gasteiger partial charge in [-0.05, 0) is 64.1 Å². The molecule has 1 saturated heterocycles. The Balaban J connectivity index is 1.93. The number of esters is 1. The van der Waals surface area contributed by atoms with Crippen molar-refractivity contribution in [2.45, 2.75) is 44.1 Å². The van der Waals surface area contributed by atoms with E-state index in [0.29, 0.717) is 18.8 Å². The lowest BCUT2D eigenvalue weighted by atomic mass is 9.98. The van der Waals surface area contributed by atoms with Crippen molar-refractivity contribution in [3.63, 3.8) is 0 Å². The molecule has 1 aromatic carbocycles. The lowest BCUT2D eigenvalue weighted by Crippen LogP contribution is -2.45. The first kappa shape index (κ1) is 18.6. The lowest BCUT2D eigenvalue weighted by Gasteiger charge is -2.33. The molecule has 0 radical (unpaired) electrons. The van der Waals surface area contributed by atoms with Crippen LogP contribution in [0.2, 0.25) is 0 Å². The number of hydrogen-bond acceptors (Lipinski definition) is 5. The Labute approximate surface area is 147 Å². The van der Waals surface area contributed by atoms with Crippen LogP contribution >= 0.6 is 11.8 Å². The third-order valence-electron chi connectivity index (χ3n) is 3.68. The average molecular weight is 351 g/mol. The molecule has 0 N–H and O–H groups in total. The Morgan fingerprint density at radius 1 is 1.21 bits per heavy atom. The second-order valence-corrected chi connectivity index (χ2v) is 7.74. The summed E-state index contributed by atoms with van der Waals surface area (Å²) < 4.78 is 10.8. The fourth-order valence-corrected chi connectivity index (χ4v) is 2.91. The van der Waals surface area contributed by atoms with Crippen LogP contribution in [0.1, 0.15) is 33.6 Å². The summed E-state index contributed by atoms with van der Waals surface area (Å²) in [5, 5.41) is 0. The van der Waals surface area contributed by atoms with Gasteiger partial charge >= 0.3 is 12.1 Å². The number of nitrogens with zero attached hydrogens (tertiary/aromatic N) is 1. The number of ether oxygens (including phenoxy) is 2. The second kappa shape index (κ2) is 7.92. The summed E-state index contributed by atoms with van der Waals surface area (Å²) in [7, 11) is 0. The fourth-order valence-electron chi connectivity index (χ4n) is 2.51. The van der Waals surface area contributed by atoms with Gasteiger partial charge in [0.05, 0.1) is 5.92 Å². The van der Waals surface area contributed by atoms with Gasteiger partial charge in [-0.25, -0.2) is 4.79 Å². The van der Waals surface area contributed by atoms with Gasteiger partial charge in [0.25, 0.3) is 0 Å². The normalized spacial score (nSPS) is 18.2. The highest BCUT2D eigenvalue weighted by atomic mass is 32.2. The van der Waals surface area contributed by atoms with Crippen LogP contribution in [0.3, 0.4) is 0 Å². The number of piperidine rings is 1. The van der Waals surface area contributed by atoms with Crippen molar-refractivity contribution in [3.05, 3.63) is 24.3 Å². The van der Waals surface area contributed by atoms with Gasteiger partial charge in [0.15, 0.2) is 0 Å². The number of carbonyl (C=O) groups excluding carboxylic acids is 2. The van der Waals surface area contributed by atoms with Gasteiger partial charge in [-0.15, -0.1) is 11.8 Å². The molecule has 24 heavy (non-hydrogen) atoms. The van der Waals surface area contributed by atoms with E-state index in [2.05, 4.69) is 0 Å². The molecule has 0 spiro atoms. The number of thioether (sulfide) groups is 1. The van der Waals surface area contributed by atoms with E-state index in [1.54, 1.807) is 28.8 Å². The zero-order valence-corrected chi connectivity index (χ0v) is 15.5. The van der Waals surface area contributed by atoms with Gasteiger partial charge < -0.3 is 14.4 Å². The van der Waals surface area contributed by atoms with E-state index in [1.165, 1.54) is 0 Å². The third-order valence-corrected chi connectivity index (χ3v) is 4.43. The molecule has 5 nitrogen and oxygen atoms in total. The summed E-state index contributed by atoms with van der Waals surface area (Å²) in [6, 6.07) is 7.42. The van der Waals surface area contributed by atoms with Crippen molar-refractivity contribution in [3.8, 4) is 5.75 Å². The van der Waals surface area contributed by atoms with Crippen LogP contribution in [0.15, 0.2) is 29.2 Å². The van der Waals surface area contributed by atoms with Crippen LogP contribution in [0, 0.1) is 5.92 Å². The molecule has 1 aliphatic rings. The molecular formula is C18H25NO4S. The molecule has 2 rings (SSSR count). The molecule has 132 valence electrons. The quantitative estimate of drug-likeness (QED) is 0.469. The maximum absolute atomic E-state index is 12.4. The predicted molar refractivity (Wildman–Crippen MR) is 94.4 cm³/mol. The molecule has 1 unspecified atom stereocenters. The minimum absolute atomic E-state index is 0.292. The molecule has 1 fully saturated rings. The first-order chi connectivity index (χ1) is 11.3. The van der Waals surface area contributed by atoms with E-state index in [9.17, 15) is 9.59 Å². The minimum atomic E-state index is -0.538. The number of amides is 1. The summed E-state index contributed by atoms with van der Waals surface area (Å²) in [5.41, 5.74) is -0.538. The summed E-state index contributed by atoms with van der Waals surface area (Å²) in [6.45, 7) is 6.45. The minimum Gasteiger partial charge on any atom is -0.444 e. The van der Waals surface area contributed by atoms with Crippen molar-refractivity contribution < 1.29 is 19.1 Å². The Morgan fingerprint density at radius 3 is 2.46 bits per heavy atom. The van der Waals surface area contributed by atoms with Crippen molar-refractivity contribution in [1.29, 1.82) is 0 Å². The first-order valence-corrected chi connectivity index (χ1v) is 9.34. The van der Waals surface area contributed by atoms with Crippen molar-refractivity contribution in [1.82, 2.24) is 4.90 Å². The van der Waals surface area contributed by atoms with Gasteiger partial charge in [-0.3, -0.25) is 4.79 Å². The van der Waals surface area contributed by atoms with E-state index < -0.39 is 5.60 Å². The lowest BCUT2D eigenvalue weighted by molar-refractivity contribution is -0.140. The summed E-state index contributed by atoms with van der Waals surface area (Å²) in [5.74, 6) is -0.0705.